The minimum Gasteiger partial charge on any atom is -0.456 e. The lowest BCUT2D eigenvalue weighted by Gasteiger charge is -2.26. The van der Waals surface area contributed by atoms with Crippen molar-refractivity contribution in [2.75, 3.05) is 4.90 Å². The van der Waals surface area contributed by atoms with E-state index < -0.39 is 0 Å². The molecule has 0 saturated heterocycles. The number of hydrogen-bond donors (Lipinski definition) is 0. The number of furan rings is 1. The van der Waals surface area contributed by atoms with Crippen LogP contribution >= 0.6 is 0 Å². The maximum absolute atomic E-state index is 6.61. The van der Waals surface area contributed by atoms with Crippen LogP contribution in [0.5, 0.6) is 0 Å². The summed E-state index contributed by atoms with van der Waals surface area (Å²) < 4.78 is 12.8. The quantitative estimate of drug-likeness (QED) is 0.164. The molecule has 11 aromatic rings. The van der Waals surface area contributed by atoms with E-state index in [-0.39, 0.29) is 0 Å². The highest BCUT2D eigenvalue weighted by molar-refractivity contribution is 6.12. The summed E-state index contributed by atoms with van der Waals surface area (Å²) >= 11 is 0. The van der Waals surface area contributed by atoms with Crippen molar-refractivity contribution in [2.45, 2.75) is 0 Å². The number of aromatic nitrogens is 1. The summed E-state index contributed by atoms with van der Waals surface area (Å²) in [5, 5.41) is 4.52. The highest BCUT2D eigenvalue weighted by atomic mass is 16.3. The summed E-state index contributed by atoms with van der Waals surface area (Å²) in [6.07, 6.45) is 0. The second-order valence-corrected chi connectivity index (χ2v) is 14.4. The fraction of sp³-hybridized carbons (Fsp3) is 0. The zero-order valence-corrected chi connectivity index (χ0v) is 30.8. The summed E-state index contributed by atoms with van der Waals surface area (Å²) in [5.41, 5.74) is 14.1. The Morgan fingerprint density at radius 2 is 0.842 bits per heavy atom. The summed E-state index contributed by atoms with van der Waals surface area (Å²) in [6, 6.07) is 72.4. The summed E-state index contributed by atoms with van der Waals surface area (Å²) in [7, 11) is 0. The fourth-order valence-corrected chi connectivity index (χ4v) is 8.03. The van der Waals surface area contributed by atoms with Crippen molar-refractivity contribution >= 4 is 60.9 Å². The molecule has 0 aliphatic carbocycles. The van der Waals surface area contributed by atoms with Crippen LogP contribution in [0.15, 0.2) is 215 Å². The lowest BCUT2D eigenvalue weighted by Crippen LogP contribution is -2.09. The maximum atomic E-state index is 6.61. The van der Waals surface area contributed by atoms with Gasteiger partial charge in [-0.15, -0.1) is 0 Å². The van der Waals surface area contributed by atoms with Gasteiger partial charge in [0, 0.05) is 33.4 Å². The van der Waals surface area contributed by atoms with Gasteiger partial charge in [0.2, 0.25) is 5.89 Å². The standard InChI is InChI=1S/C53H34N2O2/c1-4-12-35(13-5-1)36-20-25-43(26-21-36)55(42-18-8-3-9-19-42)44-27-22-37(23-28-44)45-33-48-47-30-39-16-10-11-17-40(39)32-51(47)56-52(48)34-46(45)41-24-29-50-49(31-41)54-53(57-50)38-14-6-2-7-15-38/h1-34H. The summed E-state index contributed by atoms with van der Waals surface area (Å²) in [4.78, 5) is 7.22. The Balaban J connectivity index is 1.05. The van der Waals surface area contributed by atoms with Crippen molar-refractivity contribution in [3.05, 3.63) is 206 Å². The average Bonchev–Trinajstić information content (AvgIpc) is 3.87. The van der Waals surface area contributed by atoms with Crippen molar-refractivity contribution in [3.63, 3.8) is 0 Å². The number of anilines is 3. The lowest BCUT2D eigenvalue weighted by molar-refractivity contribution is 0.620. The van der Waals surface area contributed by atoms with Crippen molar-refractivity contribution in [1.82, 2.24) is 4.98 Å². The van der Waals surface area contributed by atoms with Gasteiger partial charge in [-0.2, -0.15) is 0 Å². The first-order valence-corrected chi connectivity index (χ1v) is 19.2. The molecular formula is C53H34N2O2. The molecule has 0 aliphatic rings. The van der Waals surface area contributed by atoms with Crippen LogP contribution in [0.1, 0.15) is 0 Å². The molecule has 268 valence electrons. The van der Waals surface area contributed by atoms with Gasteiger partial charge in [-0.1, -0.05) is 121 Å². The van der Waals surface area contributed by atoms with Crippen LogP contribution in [-0.4, -0.2) is 4.98 Å². The van der Waals surface area contributed by atoms with E-state index in [1.807, 2.05) is 36.4 Å². The second-order valence-electron chi connectivity index (χ2n) is 14.4. The van der Waals surface area contributed by atoms with Crippen LogP contribution in [0.3, 0.4) is 0 Å². The summed E-state index contributed by atoms with van der Waals surface area (Å²) in [5.74, 6) is 0.607. The molecule has 0 atom stereocenters. The molecule has 57 heavy (non-hydrogen) atoms. The second kappa shape index (κ2) is 13.6. The Bertz CT molecular complexity index is 3200. The predicted molar refractivity (Wildman–Crippen MR) is 235 cm³/mol. The Labute approximate surface area is 329 Å². The molecule has 0 N–H and O–H groups in total. The minimum absolute atomic E-state index is 0.607. The zero-order chi connectivity index (χ0) is 37.7. The molecule has 0 spiro atoms. The van der Waals surface area contributed by atoms with E-state index >= 15 is 0 Å². The number of para-hydroxylation sites is 1. The zero-order valence-electron chi connectivity index (χ0n) is 30.8. The highest BCUT2D eigenvalue weighted by Crippen LogP contribution is 2.43. The van der Waals surface area contributed by atoms with Gasteiger partial charge < -0.3 is 13.7 Å². The van der Waals surface area contributed by atoms with Crippen LogP contribution in [0.2, 0.25) is 0 Å². The number of hydrogen-bond acceptors (Lipinski definition) is 4. The molecule has 0 radical (unpaired) electrons. The van der Waals surface area contributed by atoms with Crippen molar-refractivity contribution in [3.8, 4) is 44.8 Å². The van der Waals surface area contributed by atoms with Crippen LogP contribution in [0, 0.1) is 0 Å². The summed E-state index contributed by atoms with van der Waals surface area (Å²) in [6.45, 7) is 0. The minimum atomic E-state index is 0.607. The van der Waals surface area contributed by atoms with Crippen LogP contribution in [-0.2, 0) is 0 Å². The maximum Gasteiger partial charge on any atom is 0.227 e. The van der Waals surface area contributed by atoms with Gasteiger partial charge in [0.05, 0.1) is 0 Å². The van der Waals surface area contributed by atoms with E-state index in [2.05, 4.69) is 175 Å². The molecule has 11 rings (SSSR count). The fourth-order valence-electron chi connectivity index (χ4n) is 8.03. The SMILES string of the molecule is c1ccc(-c2ccc(N(c3ccccc3)c3ccc(-c4cc5c(cc4-c4ccc6oc(-c7ccccc7)nc6c4)oc4cc6ccccc6cc45)cc3)cc2)cc1. The number of fused-ring (bicyclic) bond motifs is 5. The van der Waals surface area contributed by atoms with Gasteiger partial charge >= 0.3 is 0 Å². The molecule has 0 bridgehead atoms. The predicted octanol–water partition coefficient (Wildman–Crippen LogP) is 15.0. The molecule has 2 heterocycles. The van der Waals surface area contributed by atoms with Gasteiger partial charge in [0.15, 0.2) is 5.58 Å². The number of rotatable bonds is 7. The van der Waals surface area contributed by atoms with Gasteiger partial charge in [-0.25, -0.2) is 4.98 Å². The molecule has 4 nitrogen and oxygen atoms in total. The van der Waals surface area contributed by atoms with Crippen LogP contribution < -0.4 is 4.90 Å². The number of nitrogens with zero attached hydrogens (tertiary/aromatic N) is 2. The van der Waals surface area contributed by atoms with E-state index in [1.165, 1.54) is 16.5 Å². The normalized spacial score (nSPS) is 11.5. The first-order valence-electron chi connectivity index (χ1n) is 19.2. The van der Waals surface area contributed by atoms with E-state index in [0.717, 1.165) is 83.3 Å². The van der Waals surface area contributed by atoms with Gasteiger partial charge in [0.25, 0.3) is 0 Å². The van der Waals surface area contributed by atoms with E-state index in [1.54, 1.807) is 0 Å². The molecule has 0 saturated carbocycles. The smallest absolute Gasteiger partial charge is 0.227 e. The Morgan fingerprint density at radius 1 is 0.333 bits per heavy atom. The third-order valence-electron chi connectivity index (χ3n) is 10.9. The van der Waals surface area contributed by atoms with Gasteiger partial charge in [-0.05, 0) is 129 Å². The molecular weight excluding hydrogens is 697 g/mol. The van der Waals surface area contributed by atoms with Crippen LogP contribution in [0.4, 0.5) is 17.1 Å². The molecule has 0 amide bonds. The molecule has 0 unspecified atom stereocenters. The molecule has 0 aliphatic heterocycles. The lowest BCUT2D eigenvalue weighted by atomic mass is 9.92. The van der Waals surface area contributed by atoms with Gasteiger partial charge in [-0.3, -0.25) is 0 Å². The highest BCUT2D eigenvalue weighted by Gasteiger charge is 2.19. The topological polar surface area (TPSA) is 42.4 Å². The first-order chi connectivity index (χ1) is 28.2. The van der Waals surface area contributed by atoms with E-state index in [4.69, 9.17) is 13.8 Å². The Kier molecular flexibility index (Phi) is 7.78. The Hall–Kier alpha value is -7.69. The first kappa shape index (κ1) is 32.7. The molecule has 2 aromatic heterocycles. The third kappa shape index (κ3) is 5.92. The van der Waals surface area contributed by atoms with Crippen LogP contribution in [0.25, 0.3) is 88.6 Å². The monoisotopic (exact) mass is 730 g/mol. The molecule has 4 heteroatoms. The largest absolute Gasteiger partial charge is 0.456 e. The van der Waals surface area contributed by atoms with E-state index in [0.29, 0.717) is 5.89 Å². The van der Waals surface area contributed by atoms with Crippen molar-refractivity contribution in [2.24, 2.45) is 0 Å². The van der Waals surface area contributed by atoms with E-state index in [9.17, 15) is 0 Å². The molecule has 9 aromatic carbocycles. The number of benzene rings is 9. The van der Waals surface area contributed by atoms with Crippen molar-refractivity contribution < 1.29 is 8.83 Å². The molecule has 0 fully saturated rings. The third-order valence-corrected chi connectivity index (χ3v) is 10.9. The Morgan fingerprint density at radius 3 is 1.54 bits per heavy atom. The van der Waals surface area contributed by atoms with Crippen molar-refractivity contribution in [1.29, 1.82) is 0 Å². The average molecular weight is 731 g/mol. The number of oxazole rings is 1. The van der Waals surface area contributed by atoms with Gasteiger partial charge in [0.1, 0.15) is 16.7 Å².